The Morgan fingerprint density at radius 1 is 0.362 bits per heavy atom. The van der Waals surface area contributed by atoms with Gasteiger partial charge in [0.25, 0.3) is 5.34 Å². The average Bonchev–Trinajstić information content (AvgIpc) is 0.745. The van der Waals surface area contributed by atoms with Gasteiger partial charge in [-0.15, -0.1) is 5.69 Å². The topological polar surface area (TPSA) is 135 Å². The molecule has 0 aromatic heterocycles. The monoisotopic (exact) mass is 1710 g/mol. The molecule has 5 aromatic rings. The molecular weight excluding hydrogens is 1550 g/mol. The normalized spacial score (nSPS) is 12.6. The summed E-state index contributed by atoms with van der Waals surface area (Å²) in [5, 5.41) is 37.2. The summed E-state index contributed by atoms with van der Waals surface area (Å²) in [6.07, 6.45) is 4.84. The molecule has 3 N–H and O–H groups in total. The summed E-state index contributed by atoms with van der Waals surface area (Å²) in [7, 11) is -4.62. The zero-order chi connectivity index (χ0) is 75.6. The molecule has 0 aliphatic heterocycles. The van der Waals surface area contributed by atoms with Crippen molar-refractivity contribution >= 4 is 55.1 Å². The smallest absolute Gasteiger partial charge is 0.624 e. The zero-order valence-corrected chi connectivity index (χ0v) is 81.6. The van der Waals surface area contributed by atoms with Gasteiger partial charge in [-0.3, -0.25) is 9.59 Å². The summed E-state index contributed by atoms with van der Waals surface area (Å²) in [6, 6.07) is 46.7. The summed E-state index contributed by atoms with van der Waals surface area (Å²) < 4.78 is 6.38. The molecule has 0 spiro atoms. The molecule has 0 aliphatic rings. The molecule has 5 aromatic carbocycles. The quantitative estimate of drug-likeness (QED) is 0.0411. The molecule has 0 heterocycles. The Kier molecular flexibility index (Phi) is 66.5. The van der Waals surface area contributed by atoms with Crippen LogP contribution in [-0.4, -0.2) is 97.6 Å². The van der Waals surface area contributed by atoms with Crippen molar-refractivity contribution in [3.8, 4) is 0 Å². The molecule has 0 fully saturated rings. The summed E-state index contributed by atoms with van der Waals surface area (Å²) in [5.74, 6) is -0.386. The van der Waals surface area contributed by atoms with Crippen LogP contribution >= 0.6 is 31.9 Å². The van der Waals surface area contributed by atoms with Crippen molar-refractivity contribution < 1.29 is 100 Å². The third-order valence-electron chi connectivity index (χ3n) is 15.7. The van der Waals surface area contributed by atoms with Gasteiger partial charge in [0.15, 0.2) is 5.60 Å². The van der Waals surface area contributed by atoms with E-state index in [0.29, 0.717) is 34.6 Å². The van der Waals surface area contributed by atoms with Crippen molar-refractivity contribution in [2.45, 2.75) is 318 Å². The van der Waals surface area contributed by atoms with Crippen LogP contribution in [0, 0.1) is 37.1 Å². The number of hydrogen-bond donors (Lipinski definition) is 3. The largest absolute Gasteiger partial charge is 2.00 e. The second-order valence-electron chi connectivity index (χ2n) is 34.8. The van der Waals surface area contributed by atoms with Crippen LogP contribution in [0.2, 0.25) is 0 Å². The van der Waals surface area contributed by atoms with Crippen LogP contribution in [0.25, 0.3) is 5.32 Å². The fourth-order valence-electron chi connectivity index (χ4n) is 12.1. The third kappa shape index (κ3) is 45.1. The molecule has 105 heavy (non-hydrogen) atoms. The second kappa shape index (κ2) is 55.0. The van der Waals surface area contributed by atoms with Gasteiger partial charge in [0.2, 0.25) is 11.6 Å². The molecule has 0 saturated carbocycles. The van der Waals surface area contributed by atoms with Crippen LogP contribution in [0.3, 0.4) is 0 Å². The van der Waals surface area contributed by atoms with Gasteiger partial charge in [0.1, 0.15) is 13.7 Å². The third-order valence-corrected chi connectivity index (χ3v) is 32.1. The Morgan fingerprint density at radius 3 is 0.876 bits per heavy atom. The van der Waals surface area contributed by atoms with Crippen LogP contribution in [0.15, 0.2) is 152 Å². The minimum Gasteiger partial charge on any atom is -0.624 e. The number of Topliss-reactive ketones (excluding diaryl/α,β-unsaturated/α-hetero) is 2. The van der Waals surface area contributed by atoms with Crippen molar-refractivity contribution in [3.05, 3.63) is 216 Å². The SMILES string of the molecule is CC(C)(C)[PH+](C(C)(C)C)C(O)(C(=O)c1ccccc1)c1ccccc1.CC(C)(C)[PH+](CC(=O)[N-]c1ccccc1)C(C)(C)C.CC(C)(C)[PH+](CC(O)(C(=O)c1ccccc1)c1ccccc1)C(C)(C)C.CC(C)(C)[PH+](OC(C)(C)C(C)(C)O)C(C)(C)C.CCC.CCC.CCC.[CH3-].[CH3-].[CH3-].[CH3-].[CH3-].[Ni+2].[Ni+2].[Ni].[Ni]. The summed E-state index contributed by atoms with van der Waals surface area (Å²) in [4.78, 5) is 39.2. The van der Waals surface area contributed by atoms with Crippen LogP contribution in [0.5, 0.6) is 0 Å². The van der Waals surface area contributed by atoms with Gasteiger partial charge in [-0.05, 0) is 199 Å². The van der Waals surface area contributed by atoms with Gasteiger partial charge in [0, 0.05) is 65.5 Å². The number of para-hydroxylation sites is 1. The molecule has 2 unspecified atom stereocenters. The average molecular weight is 1710 g/mol. The molecule has 5 rings (SSSR count). The fourth-order valence-corrected chi connectivity index (χ4v) is 28.9. The number of carbonyl (C=O) groups excluding carboxylic acids is 3. The first-order chi connectivity index (χ1) is 43.4. The molecule has 8 nitrogen and oxygen atoms in total. The number of rotatable bonds is 15. The van der Waals surface area contributed by atoms with Crippen LogP contribution in [0.1, 0.15) is 287 Å². The predicted octanol–water partition coefficient (Wildman–Crippen LogP) is 26.9. The molecular formula is C89H159NNi4O7P4+2. The van der Waals surface area contributed by atoms with E-state index in [4.69, 9.17) is 4.52 Å². The van der Waals surface area contributed by atoms with Gasteiger partial charge in [-0.1, -0.05) is 212 Å². The fraction of sp³-hybridized carbons (Fsp3) is 0.573. The van der Waals surface area contributed by atoms with Gasteiger partial charge in [0.05, 0.1) is 73.0 Å². The van der Waals surface area contributed by atoms with E-state index in [1.54, 1.807) is 24.3 Å². The second-order valence-corrected chi connectivity index (χ2v) is 51.8. The first-order valence-electron chi connectivity index (χ1n) is 35.3. The van der Waals surface area contributed by atoms with Crippen molar-refractivity contribution in [2.75, 3.05) is 12.3 Å². The summed E-state index contributed by atoms with van der Waals surface area (Å²) >= 11 is 0. The van der Waals surface area contributed by atoms with Gasteiger partial charge in [-0.25, -0.2) is 4.52 Å². The van der Waals surface area contributed by atoms with Crippen LogP contribution in [-0.2, 0) is 86.2 Å². The van der Waals surface area contributed by atoms with E-state index < -0.39 is 54.1 Å². The first-order valence-corrected chi connectivity index (χ1v) is 41.7. The number of benzene rings is 5. The van der Waals surface area contributed by atoms with Crippen molar-refractivity contribution in [1.82, 2.24) is 0 Å². The van der Waals surface area contributed by atoms with Crippen LogP contribution in [0.4, 0.5) is 5.69 Å². The van der Waals surface area contributed by atoms with E-state index in [-0.39, 0.29) is 162 Å². The van der Waals surface area contributed by atoms with E-state index in [1.165, 1.54) is 19.3 Å². The van der Waals surface area contributed by atoms with Gasteiger partial charge < -0.3 is 62.6 Å². The zero-order valence-electron chi connectivity index (χ0n) is 73.7. The number of ketones is 2. The van der Waals surface area contributed by atoms with E-state index in [2.05, 4.69) is 213 Å². The molecule has 2 atom stereocenters. The Bertz CT molecular complexity index is 2900. The Morgan fingerprint density at radius 2 is 0.619 bits per heavy atom. The molecule has 620 valence electrons. The molecule has 0 bridgehead atoms. The van der Waals surface area contributed by atoms with Crippen LogP contribution < -0.4 is 0 Å². The van der Waals surface area contributed by atoms with Crippen molar-refractivity contribution in [3.63, 3.8) is 0 Å². The minimum absolute atomic E-state index is 0. The molecule has 0 aliphatic carbocycles. The number of amides is 1. The minimum atomic E-state index is -1.61. The Balaban J connectivity index is -0.000000118. The van der Waals surface area contributed by atoms with E-state index in [0.717, 1.165) is 5.69 Å². The first kappa shape index (κ1) is 127. The number of carbonyl (C=O) groups is 3. The molecule has 1 amide bonds. The Hall–Kier alpha value is -1.56. The number of nitrogens with zero attached hydrogens (tertiary/aromatic N) is 1. The van der Waals surface area contributed by atoms with E-state index in [9.17, 15) is 29.7 Å². The van der Waals surface area contributed by atoms with Crippen molar-refractivity contribution in [2.24, 2.45) is 0 Å². The summed E-state index contributed by atoms with van der Waals surface area (Å²) in [5.41, 5.74) is 0.399. The maximum atomic E-state index is 13.6. The maximum absolute atomic E-state index is 13.6. The van der Waals surface area contributed by atoms with Crippen molar-refractivity contribution in [1.29, 1.82) is 0 Å². The Labute approximate surface area is 696 Å². The molecule has 0 saturated heterocycles. The summed E-state index contributed by atoms with van der Waals surface area (Å²) in [6.45, 7) is 73.3. The standard InChI is InChI=1S/C23H31O2P.C22H29O2P.C16H26NOP.C14H31O2P.3C3H8.5CH3.4Ni/c1-21(2,3)26(22(4,5)6)17-23(25,19-15-11-8-12-16-19)20(24)18-13-9-7-10-14-18;1-20(2,3)25(21(4,5)6)22(24,18-15-11-8-12-16-18)19(23)17-13-9-7-10-14-17;1-15(2,3)19(16(4,5)6)12-14(18)17-13-10-8-7-9-11-13;1-11(2,3)17(12(4,5)6)16-14(9,10)13(7,8)15;3*1-3-2;;;;;;;;;/h7-16,25H,17H2,1-6H3;7-16,24H,1-6H3;7-11H,12H2,1-6H3,(H,17,18);15H,1-10H3;3*3H2,1-2H3;5*1H3;;;;/q;;;;;;;5*-1;;;2*+2/p+3. The molecule has 16 heteroatoms. The van der Waals surface area contributed by atoms with Gasteiger partial charge in [-0.2, -0.15) is 0 Å². The number of aliphatic hydroxyl groups is 3. The van der Waals surface area contributed by atoms with Gasteiger partial charge >= 0.3 is 33.0 Å². The number of hydrogen-bond acceptors (Lipinski definition) is 7. The maximum Gasteiger partial charge on any atom is 2.00 e. The van der Waals surface area contributed by atoms with E-state index >= 15 is 0 Å². The van der Waals surface area contributed by atoms with E-state index in [1.807, 2.05) is 155 Å². The predicted molar refractivity (Wildman–Crippen MR) is 469 cm³/mol. The molecule has 0 radical (unpaired) electrons.